The van der Waals surface area contributed by atoms with Crippen molar-refractivity contribution in [3.8, 4) is 0 Å². The summed E-state index contributed by atoms with van der Waals surface area (Å²) >= 11 is 0. The van der Waals surface area contributed by atoms with Gasteiger partial charge in [-0.3, -0.25) is 0 Å². The smallest absolute Gasteiger partial charge is 0.340 e. The van der Waals surface area contributed by atoms with Crippen LogP contribution in [0.15, 0.2) is 12.1 Å². The van der Waals surface area contributed by atoms with Crippen LogP contribution in [-0.4, -0.2) is 44.1 Å². The Kier molecular flexibility index (Phi) is 3.85. The fourth-order valence-corrected chi connectivity index (χ4v) is 3.52. The van der Waals surface area contributed by atoms with Crippen LogP contribution in [0.5, 0.6) is 0 Å². The van der Waals surface area contributed by atoms with Crippen molar-refractivity contribution < 1.29 is 22.7 Å². The van der Waals surface area contributed by atoms with Crippen LogP contribution in [0, 0.1) is 5.82 Å². The Bertz CT molecular complexity index is 645. The van der Waals surface area contributed by atoms with Crippen LogP contribution >= 0.6 is 0 Å². The first-order chi connectivity index (χ1) is 9.32. The quantitative estimate of drug-likeness (QED) is 0.781. The van der Waals surface area contributed by atoms with Gasteiger partial charge in [-0.25, -0.2) is 17.6 Å². The number of carbonyl (C=O) groups is 1. The van der Waals surface area contributed by atoms with Gasteiger partial charge in [0.25, 0.3) is 0 Å². The molecule has 0 saturated carbocycles. The number of halogens is 1. The molecule has 0 atom stereocenters. The number of aromatic carboxylic acids is 1. The van der Waals surface area contributed by atoms with Crippen LogP contribution in [0.25, 0.3) is 0 Å². The van der Waals surface area contributed by atoms with Gasteiger partial charge in [-0.15, -0.1) is 0 Å². The van der Waals surface area contributed by atoms with Crippen molar-refractivity contribution in [2.45, 2.75) is 6.42 Å². The largest absolute Gasteiger partial charge is 0.478 e. The molecule has 1 saturated heterocycles. The summed E-state index contributed by atoms with van der Waals surface area (Å²) in [6, 6.07) is 2.42. The maximum atomic E-state index is 13.4. The number of hydrogen-bond donors (Lipinski definition) is 2. The lowest BCUT2D eigenvalue weighted by atomic mass is 10.1. The number of carboxylic acid groups (broad SMARTS) is 1. The van der Waals surface area contributed by atoms with Crippen molar-refractivity contribution in [1.82, 2.24) is 0 Å². The number of nitrogens with zero attached hydrogens (tertiary/aromatic N) is 1. The van der Waals surface area contributed by atoms with E-state index >= 15 is 0 Å². The van der Waals surface area contributed by atoms with Gasteiger partial charge in [-0.2, -0.15) is 0 Å². The topological polar surface area (TPSA) is 101 Å². The summed E-state index contributed by atoms with van der Waals surface area (Å²) in [7, 11) is -3.11. The molecular weight excluding hydrogens is 287 g/mol. The molecule has 0 aromatic heterocycles. The second-order valence-electron chi connectivity index (χ2n) is 4.65. The summed E-state index contributed by atoms with van der Waals surface area (Å²) in [5, 5.41) is 9.18. The van der Waals surface area contributed by atoms with Crippen LogP contribution < -0.4 is 10.6 Å². The van der Waals surface area contributed by atoms with E-state index in [0.29, 0.717) is 13.0 Å². The van der Waals surface area contributed by atoms with Crippen molar-refractivity contribution in [3.05, 3.63) is 23.5 Å². The van der Waals surface area contributed by atoms with Gasteiger partial charge in [0.15, 0.2) is 9.84 Å². The Morgan fingerprint density at radius 2 is 2.00 bits per heavy atom. The van der Waals surface area contributed by atoms with E-state index in [1.165, 1.54) is 6.07 Å². The van der Waals surface area contributed by atoms with Gasteiger partial charge in [0.1, 0.15) is 11.4 Å². The molecule has 0 spiro atoms. The molecule has 8 heteroatoms. The fourth-order valence-electron chi connectivity index (χ4n) is 2.25. The van der Waals surface area contributed by atoms with Gasteiger partial charge in [0.2, 0.25) is 0 Å². The minimum Gasteiger partial charge on any atom is -0.478 e. The Balaban J connectivity index is 2.42. The number of nitrogen functional groups attached to an aromatic ring is 1. The highest BCUT2D eigenvalue weighted by Gasteiger charge is 2.25. The first kappa shape index (κ1) is 14.6. The number of benzene rings is 1. The lowest BCUT2D eigenvalue weighted by Crippen LogP contribution is -2.29. The zero-order valence-electron chi connectivity index (χ0n) is 10.7. The summed E-state index contributed by atoms with van der Waals surface area (Å²) < 4.78 is 36.5. The average molecular weight is 302 g/mol. The molecule has 0 amide bonds. The van der Waals surface area contributed by atoms with Gasteiger partial charge >= 0.3 is 5.97 Å². The standard InChI is InChI=1S/C12H15FN2O4S/c13-8-2-3-9(10(11(8)14)12(16)17)15-4-1-6-20(18,19)7-5-15/h2-3H,1,4-7,14H2,(H,16,17). The van der Waals surface area contributed by atoms with E-state index in [9.17, 15) is 22.7 Å². The molecule has 20 heavy (non-hydrogen) atoms. The Morgan fingerprint density at radius 1 is 1.30 bits per heavy atom. The van der Waals surface area contributed by atoms with Gasteiger partial charge in [-0.1, -0.05) is 0 Å². The van der Waals surface area contributed by atoms with Crippen LogP contribution in [0.3, 0.4) is 0 Å². The second kappa shape index (κ2) is 5.28. The predicted molar refractivity (Wildman–Crippen MR) is 73.3 cm³/mol. The van der Waals surface area contributed by atoms with Gasteiger partial charge in [-0.05, 0) is 18.6 Å². The van der Waals surface area contributed by atoms with Crippen molar-refractivity contribution in [3.63, 3.8) is 0 Å². The monoisotopic (exact) mass is 302 g/mol. The minimum atomic E-state index is -3.11. The first-order valence-corrected chi connectivity index (χ1v) is 7.90. The molecule has 1 aromatic carbocycles. The molecule has 0 aliphatic carbocycles. The van der Waals surface area contributed by atoms with E-state index in [0.717, 1.165) is 6.07 Å². The third kappa shape index (κ3) is 2.84. The van der Waals surface area contributed by atoms with E-state index < -0.39 is 27.3 Å². The molecular formula is C12H15FN2O4S. The lowest BCUT2D eigenvalue weighted by molar-refractivity contribution is 0.0698. The fraction of sp³-hybridized carbons (Fsp3) is 0.417. The zero-order chi connectivity index (χ0) is 14.9. The summed E-state index contributed by atoms with van der Waals surface area (Å²) in [6.07, 6.45) is 0.401. The Hall–Kier alpha value is -1.83. The molecule has 1 aliphatic heterocycles. The summed E-state index contributed by atoms with van der Waals surface area (Å²) in [6.45, 7) is 0.568. The molecule has 1 heterocycles. The number of nitrogens with two attached hydrogens (primary N) is 1. The van der Waals surface area contributed by atoms with Crippen molar-refractivity contribution in [1.29, 1.82) is 0 Å². The molecule has 3 N–H and O–H groups in total. The predicted octanol–water partition coefficient (Wildman–Crippen LogP) is 0.731. The molecule has 0 unspecified atom stereocenters. The lowest BCUT2D eigenvalue weighted by Gasteiger charge is -2.24. The van der Waals surface area contributed by atoms with Crippen LogP contribution in [-0.2, 0) is 9.84 Å². The van der Waals surface area contributed by atoms with E-state index in [1.807, 2.05) is 0 Å². The highest BCUT2D eigenvalue weighted by molar-refractivity contribution is 7.91. The van der Waals surface area contributed by atoms with E-state index in [2.05, 4.69) is 0 Å². The van der Waals surface area contributed by atoms with Crippen LogP contribution in [0.4, 0.5) is 15.8 Å². The Morgan fingerprint density at radius 3 is 2.65 bits per heavy atom. The van der Waals surface area contributed by atoms with Crippen molar-refractivity contribution in [2.24, 2.45) is 0 Å². The first-order valence-electron chi connectivity index (χ1n) is 6.08. The van der Waals surface area contributed by atoms with Gasteiger partial charge in [0, 0.05) is 13.1 Å². The highest BCUT2D eigenvalue weighted by atomic mass is 32.2. The number of sulfone groups is 1. The van der Waals surface area contributed by atoms with Crippen molar-refractivity contribution >= 4 is 27.2 Å². The molecule has 1 aliphatic rings. The van der Waals surface area contributed by atoms with E-state index in [1.54, 1.807) is 4.90 Å². The van der Waals surface area contributed by atoms with Crippen LogP contribution in [0.1, 0.15) is 16.8 Å². The minimum absolute atomic E-state index is 0.0522. The maximum absolute atomic E-state index is 13.4. The zero-order valence-corrected chi connectivity index (χ0v) is 11.5. The molecule has 0 bridgehead atoms. The number of carboxylic acids is 1. The second-order valence-corrected chi connectivity index (χ2v) is 6.96. The Labute approximate surface area is 115 Å². The highest BCUT2D eigenvalue weighted by Crippen LogP contribution is 2.29. The van der Waals surface area contributed by atoms with Crippen LogP contribution in [0.2, 0.25) is 0 Å². The number of rotatable bonds is 2. The van der Waals surface area contributed by atoms with Crippen molar-refractivity contribution in [2.75, 3.05) is 35.2 Å². The summed E-state index contributed by atoms with van der Waals surface area (Å²) in [4.78, 5) is 12.9. The molecule has 0 radical (unpaired) electrons. The van der Waals surface area contributed by atoms with Gasteiger partial charge < -0.3 is 15.7 Å². The third-order valence-electron chi connectivity index (χ3n) is 3.28. The number of hydrogen-bond acceptors (Lipinski definition) is 5. The average Bonchev–Trinajstić information content (AvgIpc) is 2.53. The molecule has 1 aromatic rings. The summed E-state index contributed by atoms with van der Waals surface area (Å²) in [5.74, 6) is -2.11. The number of anilines is 2. The molecule has 2 rings (SSSR count). The normalized spacial score (nSPS) is 18.6. The maximum Gasteiger partial charge on any atom is 0.340 e. The molecule has 110 valence electrons. The third-order valence-corrected chi connectivity index (χ3v) is 5.00. The van der Waals surface area contributed by atoms with E-state index in [-0.39, 0.29) is 29.3 Å². The molecule has 1 fully saturated rings. The molecule has 6 nitrogen and oxygen atoms in total. The van der Waals surface area contributed by atoms with E-state index in [4.69, 9.17) is 5.73 Å². The summed E-state index contributed by atoms with van der Waals surface area (Å²) in [5.41, 5.74) is 5.00. The van der Waals surface area contributed by atoms with Gasteiger partial charge in [0.05, 0.1) is 22.9 Å². The SMILES string of the molecule is Nc1c(F)ccc(N2CCCS(=O)(=O)CC2)c1C(=O)O.